The number of nitrogens with one attached hydrogen (secondary N) is 2. The fraction of sp³-hybridized carbons (Fsp3) is 0.600. The average Bonchev–Trinajstić information content (AvgIpc) is 2.68. The van der Waals surface area contributed by atoms with Crippen molar-refractivity contribution in [2.45, 2.75) is 37.0 Å². The summed E-state index contributed by atoms with van der Waals surface area (Å²) in [5.74, 6) is -6.87. The number of hydrogen-bond acceptors (Lipinski definition) is 11. The van der Waals surface area contributed by atoms with E-state index in [1.54, 1.807) is 0 Å². The molecular formula is C15H24N4O10S2. The molecule has 0 aliphatic carbocycles. The zero-order chi connectivity index (χ0) is 24.1. The Labute approximate surface area is 184 Å². The molecular weight excluding hydrogens is 460 g/mol. The van der Waals surface area contributed by atoms with Crippen LogP contribution in [-0.2, 0) is 33.5 Å². The van der Waals surface area contributed by atoms with Crippen molar-refractivity contribution in [2.24, 2.45) is 11.5 Å². The van der Waals surface area contributed by atoms with Crippen LogP contribution in [0.2, 0.25) is 0 Å². The van der Waals surface area contributed by atoms with Gasteiger partial charge in [-0.3, -0.25) is 19.2 Å². The maximum absolute atomic E-state index is 12.0. The molecule has 0 aromatic rings. The molecule has 0 fully saturated rings. The highest BCUT2D eigenvalue weighted by atomic mass is 33.1. The van der Waals surface area contributed by atoms with Gasteiger partial charge in [-0.05, 0) is 0 Å². The minimum atomic E-state index is -1.63. The quantitative estimate of drug-likeness (QED) is 0.0704. The van der Waals surface area contributed by atoms with E-state index >= 15 is 0 Å². The number of aliphatic carboxylic acids is 3. The molecule has 0 aromatic heterocycles. The molecule has 4 atom stereocenters. The largest absolute Gasteiger partial charge is 0.481 e. The molecule has 9 N–H and O–H groups in total. The smallest absolute Gasteiger partial charge is 0.326 e. The number of ether oxygens (including phenoxy) is 1. The Morgan fingerprint density at radius 1 is 0.806 bits per heavy atom. The lowest BCUT2D eigenvalue weighted by atomic mass is 10.2. The third-order valence-corrected chi connectivity index (χ3v) is 5.93. The Bertz CT molecular complexity index is 693. The molecule has 16 heteroatoms. The summed E-state index contributed by atoms with van der Waals surface area (Å²) >= 11 is 0. The Kier molecular flexibility index (Phi) is 13.3. The number of carbonyl (C=O) groups is 6. The summed E-state index contributed by atoms with van der Waals surface area (Å²) in [6.45, 7) is 0. The third kappa shape index (κ3) is 12.0. The lowest BCUT2D eigenvalue weighted by Gasteiger charge is -2.17. The van der Waals surface area contributed by atoms with Gasteiger partial charge in [0.2, 0.25) is 11.8 Å². The van der Waals surface area contributed by atoms with Crippen LogP contribution in [-0.4, -0.2) is 93.8 Å². The van der Waals surface area contributed by atoms with Crippen molar-refractivity contribution in [1.29, 1.82) is 0 Å². The predicted molar refractivity (Wildman–Crippen MR) is 109 cm³/mol. The molecule has 0 radical (unpaired) electrons. The van der Waals surface area contributed by atoms with E-state index in [4.69, 9.17) is 26.8 Å². The van der Waals surface area contributed by atoms with Crippen LogP contribution in [0.5, 0.6) is 0 Å². The fourth-order valence-electron chi connectivity index (χ4n) is 1.78. The molecule has 4 unspecified atom stereocenters. The van der Waals surface area contributed by atoms with Crippen molar-refractivity contribution in [3.63, 3.8) is 0 Å². The Morgan fingerprint density at radius 2 is 1.19 bits per heavy atom. The van der Waals surface area contributed by atoms with Crippen LogP contribution in [0.25, 0.3) is 0 Å². The number of methoxy groups -OCH3 is 1. The van der Waals surface area contributed by atoms with Gasteiger partial charge in [-0.15, -0.1) is 0 Å². The molecule has 176 valence electrons. The second-order valence-electron chi connectivity index (χ2n) is 5.96. The van der Waals surface area contributed by atoms with E-state index in [1.165, 1.54) is 0 Å². The van der Waals surface area contributed by atoms with E-state index in [1.807, 2.05) is 5.32 Å². The molecule has 0 bridgehead atoms. The summed E-state index contributed by atoms with van der Waals surface area (Å²) in [4.78, 5) is 67.7. The van der Waals surface area contributed by atoms with E-state index in [0.717, 1.165) is 28.7 Å². The molecule has 0 rings (SSSR count). The first-order valence-corrected chi connectivity index (χ1v) is 11.0. The van der Waals surface area contributed by atoms with E-state index in [0.29, 0.717) is 0 Å². The number of carboxylic acids is 3. The maximum atomic E-state index is 12.0. The molecule has 0 spiro atoms. The third-order valence-electron chi connectivity index (χ3n) is 3.46. The van der Waals surface area contributed by atoms with Crippen LogP contribution in [0.15, 0.2) is 0 Å². The molecule has 0 heterocycles. The molecule has 0 saturated heterocycles. The Balaban J connectivity index is 4.42. The summed E-state index contributed by atoms with van der Waals surface area (Å²) in [5, 5.41) is 30.7. The van der Waals surface area contributed by atoms with Crippen LogP contribution in [0.3, 0.4) is 0 Å². The van der Waals surface area contributed by atoms with Crippen molar-refractivity contribution in [2.75, 3.05) is 18.6 Å². The van der Waals surface area contributed by atoms with Crippen LogP contribution >= 0.6 is 21.6 Å². The highest BCUT2D eigenvalue weighted by Gasteiger charge is 2.27. The normalized spacial score (nSPS) is 14.4. The van der Waals surface area contributed by atoms with E-state index < -0.39 is 72.7 Å². The van der Waals surface area contributed by atoms with Crippen LogP contribution in [0.1, 0.15) is 12.8 Å². The molecule has 14 nitrogen and oxygen atoms in total. The number of rotatable bonds is 15. The minimum Gasteiger partial charge on any atom is -0.481 e. The topological polar surface area (TPSA) is 248 Å². The standard InChI is InChI=1S/C15H24N4O10S2/c1-29-11(22)3-9(15(27)28)19-13(24)7(17)5-31-30-4-6(16)12(23)18-8(14(25)26)2-10(20)21/h6-9H,2-5,16-17H2,1H3,(H,18,23)(H,19,24)(H,20,21)(H,25,26)(H,27,28). The van der Waals surface area contributed by atoms with E-state index in [-0.39, 0.29) is 11.5 Å². The SMILES string of the molecule is COC(=O)CC(NC(=O)C(N)CSSCC(N)C(=O)NC(CC(=O)O)C(=O)O)C(=O)O. The summed E-state index contributed by atoms with van der Waals surface area (Å²) in [6, 6.07) is -5.42. The van der Waals surface area contributed by atoms with Gasteiger partial charge in [-0.25, -0.2) is 9.59 Å². The van der Waals surface area contributed by atoms with Gasteiger partial charge in [0.05, 0.1) is 32.0 Å². The monoisotopic (exact) mass is 484 g/mol. The van der Waals surface area contributed by atoms with Gasteiger partial charge in [0.1, 0.15) is 12.1 Å². The van der Waals surface area contributed by atoms with Gasteiger partial charge in [-0.2, -0.15) is 0 Å². The van der Waals surface area contributed by atoms with E-state index in [9.17, 15) is 28.8 Å². The zero-order valence-electron chi connectivity index (χ0n) is 16.3. The summed E-state index contributed by atoms with van der Waals surface area (Å²) in [7, 11) is 3.16. The number of nitrogens with two attached hydrogens (primary N) is 2. The first-order chi connectivity index (χ1) is 14.4. The minimum absolute atomic E-state index is 0.00612. The highest BCUT2D eigenvalue weighted by Crippen LogP contribution is 2.22. The first kappa shape index (κ1) is 28.4. The highest BCUT2D eigenvalue weighted by molar-refractivity contribution is 8.76. The van der Waals surface area contributed by atoms with Gasteiger partial charge in [0.15, 0.2) is 0 Å². The number of esters is 1. The lowest BCUT2D eigenvalue weighted by molar-refractivity contribution is -0.148. The van der Waals surface area contributed by atoms with Crippen molar-refractivity contribution < 1.29 is 48.8 Å². The zero-order valence-corrected chi connectivity index (χ0v) is 17.9. The second kappa shape index (κ2) is 14.4. The van der Waals surface area contributed by atoms with Gasteiger partial charge in [0, 0.05) is 11.5 Å². The summed E-state index contributed by atoms with van der Waals surface area (Å²) in [6.07, 6.45) is -1.39. The van der Waals surface area contributed by atoms with Crippen molar-refractivity contribution in [1.82, 2.24) is 10.6 Å². The molecule has 2 amide bonds. The van der Waals surface area contributed by atoms with Crippen molar-refractivity contribution in [3.05, 3.63) is 0 Å². The molecule has 0 aliphatic rings. The fourth-order valence-corrected chi connectivity index (χ4v) is 4.02. The van der Waals surface area contributed by atoms with Crippen LogP contribution in [0.4, 0.5) is 0 Å². The first-order valence-electron chi connectivity index (χ1n) is 8.49. The van der Waals surface area contributed by atoms with Gasteiger partial charge >= 0.3 is 23.9 Å². The van der Waals surface area contributed by atoms with Gasteiger partial charge in [-0.1, -0.05) is 21.6 Å². The van der Waals surface area contributed by atoms with Crippen molar-refractivity contribution in [3.8, 4) is 0 Å². The molecule has 31 heavy (non-hydrogen) atoms. The molecule has 0 saturated carbocycles. The number of amides is 2. The van der Waals surface area contributed by atoms with Crippen LogP contribution < -0.4 is 22.1 Å². The summed E-state index contributed by atoms with van der Waals surface area (Å²) in [5.41, 5.74) is 11.3. The predicted octanol–water partition coefficient (Wildman–Crippen LogP) is -2.80. The maximum Gasteiger partial charge on any atom is 0.326 e. The second-order valence-corrected chi connectivity index (χ2v) is 8.51. The number of carboxylic acid groups (broad SMARTS) is 3. The average molecular weight is 485 g/mol. The number of carbonyl (C=O) groups excluding carboxylic acids is 3. The Morgan fingerprint density at radius 3 is 1.52 bits per heavy atom. The Hall–Kier alpha value is -2.56. The number of hydrogen-bond donors (Lipinski definition) is 7. The van der Waals surface area contributed by atoms with Crippen LogP contribution in [0, 0.1) is 0 Å². The molecule has 0 aromatic carbocycles. The van der Waals surface area contributed by atoms with Gasteiger partial charge < -0.3 is 42.2 Å². The molecule has 0 aliphatic heterocycles. The van der Waals surface area contributed by atoms with Crippen molar-refractivity contribution >= 4 is 57.3 Å². The van der Waals surface area contributed by atoms with E-state index in [2.05, 4.69) is 10.1 Å². The lowest BCUT2D eigenvalue weighted by Crippen LogP contribution is -2.50. The summed E-state index contributed by atoms with van der Waals surface area (Å²) < 4.78 is 4.35. The van der Waals surface area contributed by atoms with Gasteiger partial charge in [0.25, 0.3) is 0 Å².